The van der Waals surface area contributed by atoms with E-state index in [9.17, 15) is 9.59 Å². The molecule has 0 saturated heterocycles. The first-order valence-corrected chi connectivity index (χ1v) is 5.36. The van der Waals surface area contributed by atoms with Gasteiger partial charge in [0, 0.05) is 5.56 Å². The van der Waals surface area contributed by atoms with Crippen molar-refractivity contribution in [3.8, 4) is 0 Å². The maximum atomic E-state index is 12.0. The Morgan fingerprint density at radius 1 is 1.38 bits per heavy atom. The van der Waals surface area contributed by atoms with E-state index in [1.165, 1.54) is 0 Å². The van der Waals surface area contributed by atoms with E-state index in [0.29, 0.717) is 23.6 Å². The minimum absolute atomic E-state index is 0.123. The van der Waals surface area contributed by atoms with E-state index < -0.39 is 6.04 Å². The number of nitrogens with one attached hydrogen (secondary N) is 1. The summed E-state index contributed by atoms with van der Waals surface area (Å²) in [4.78, 5) is 23.7. The molecule has 1 aliphatic heterocycles. The third-order valence-corrected chi connectivity index (χ3v) is 2.90. The fraction of sp³-hybridized carbons (Fsp3) is 0.273. The zero-order valence-electron chi connectivity index (χ0n) is 8.50. The molecule has 1 aliphatic rings. The summed E-state index contributed by atoms with van der Waals surface area (Å²) in [5, 5.41) is 2.91. The lowest BCUT2D eigenvalue weighted by Gasteiger charge is -2.24. The van der Waals surface area contributed by atoms with Crippen molar-refractivity contribution in [3.05, 3.63) is 34.3 Å². The summed E-state index contributed by atoms with van der Waals surface area (Å²) in [6.45, 7) is 0.354. The second-order valence-electron chi connectivity index (χ2n) is 3.63. The van der Waals surface area contributed by atoms with E-state index in [2.05, 4.69) is 5.32 Å². The van der Waals surface area contributed by atoms with Crippen LogP contribution in [0.1, 0.15) is 27.1 Å². The number of amides is 1. The highest BCUT2D eigenvalue weighted by molar-refractivity contribution is 6.35. The molecule has 1 aromatic carbocycles. The third kappa shape index (κ3) is 1.70. The first-order valence-electron chi connectivity index (χ1n) is 4.99. The molecule has 1 heterocycles. The third-order valence-electron chi connectivity index (χ3n) is 2.58. The average molecular weight is 239 g/mol. The number of carbonyl (C=O) groups is 2. The van der Waals surface area contributed by atoms with Gasteiger partial charge in [0.1, 0.15) is 0 Å². The highest BCUT2D eigenvalue weighted by atomic mass is 35.5. The molecule has 16 heavy (non-hydrogen) atoms. The van der Waals surface area contributed by atoms with Crippen molar-refractivity contribution >= 4 is 23.3 Å². The van der Waals surface area contributed by atoms with Crippen molar-refractivity contribution in [2.24, 2.45) is 5.73 Å². The molecule has 2 rings (SSSR count). The SMILES string of the molecule is NCC[C@@H]1NC(=O)c2c(Cl)cccc2C1=O. The van der Waals surface area contributed by atoms with Crippen LogP contribution in [0.25, 0.3) is 0 Å². The summed E-state index contributed by atoms with van der Waals surface area (Å²) in [7, 11) is 0. The molecule has 1 aromatic rings. The van der Waals surface area contributed by atoms with E-state index in [4.69, 9.17) is 17.3 Å². The minimum atomic E-state index is -0.525. The normalized spacial score (nSPS) is 19.2. The van der Waals surface area contributed by atoms with E-state index in [1.807, 2.05) is 0 Å². The number of fused-ring (bicyclic) bond motifs is 1. The monoisotopic (exact) mass is 238 g/mol. The summed E-state index contributed by atoms with van der Waals surface area (Å²) in [5.41, 5.74) is 6.04. The topological polar surface area (TPSA) is 72.2 Å². The lowest BCUT2D eigenvalue weighted by molar-refractivity contribution is 0.0824. The predicted molar refractivity (Wildman–Crippen MR) is 60.7 cm³/mol. The number of ketones is 1. The quantitative estimate of drug-likeness (QED) is 0.807. The molecule has 0 saturated carbocycles. The van der Waals surface area contributed by atoms with Gasteiger partial charge in [-0.2, -0.15) is 0 Å². The van der Waals surface area contributed by atoms with Gasteiger partial charge in [0.25, 0.3) is 5.91 Å². The van der Waals surface area contributed by atoms with Crippen LogP contribution in [-0.2, 0) is 0 Å². The molecule has 3 N–H and O–H groups in total. The van der Waals surface area contributed by atoms with Crippen LogP contribution in [0.5, 0.6) is 0 Å². The van der Waals surface area contributed by atoms with E-state index in [1.54, 1.807) is 18.2 Å². The van der Waals surface area contributed by atoms with Crippen molar-refractivity contribution in [1.29, 1.82) is 0 Å². The highest BCUT2D eigenvalue weighted by Crippen LogP contribution is 2.25. The highest BCUT2D eigenvalue weighted by Gasteiger charge is 2.32. The second-order valence-corrected chi connectivity index (χ2v) is 4.04. The van der Waals surface area contributed by atoms with Crippen molar-refractivity contribution < 1.29 is 9.59 Å². The molecule has 0 bridgehead atoms. The lowest BCUT2D eigenvalue weighted by Crippen LogP contribution is -2.47. The number of hydrogen-bond acceptors (Lipinski definition) is 3. The van der Waals surface area contributed by atoms with E-state index >= 15 is 0 Å². The molecule has 1 amide bonds. The molecule has 0 unspecified atom stereocenters. The number of rotatable bonds is 2. The molecular formula is C11H11ClN2O2. The Bertz CT molecular complexity index is 459. The van der Waals surface area contributed by atoms with Gasteiger partial charge in [0.2, 0.25) is 0 Å². The molecule has 0 radical (unpaired) electrons. The minimum Gasteiger partial charge on any atom is -0.342 e. The summed E-state index contributed by atoms with van der Waals surface area (Å²) < 4.78 is 0. The fourth-order valence-corrected chi connectivity index (χ4v) is 2.07. The van der Waals surface area contributed by atoms with Gasteiger partial charge in [0.15, 0.2) is 5.78 Å². The Morgan fingerprint density at radius 2 is 2.12 bits per heavy atom. The molecular weight excluding hydrogens is 228 g/mol. The van der Waals surface area contributed by atoms with Crippen molar-refractivity contribution in [2.75, 3.05) is 6.54 Å². The van der Waals surface area contributed by atoms with Gasteiger partial charge < -0.3 is 11.1 Å². The van der Waals surface area contributed by atoms with Crippen molar-refractivity contribution in [3.63, 3.8) is 0 Å². The molecule has 0 aliphatic carbocycles. The maximum absolute atomic E-state index is 12.0. The van der Waals surface area contributed by atoms with Gasteiger partial charge in [-0.1, -0.05) is 23.7 Å². The molecule has 5 heteroatoms. The van der Waals surface area contributed by atoms with Gasteiger partial charge >= 0.3 is 0 Å². The zero-order chi connectivity index (χ0) is 11.7. The van der Waals surface area contributed by atoms with Gasteiger partial charge in [-0.25, -0.2) is 0 Å². The van der Waals surface area contributed by atoms with Crippen LogP contribution in [0, 0.1) is 0 Å². The van der Waals surface area contributed by atoms with Gasteiger partial charge in [0.05, 0.1) is 16.6 Å². The zero-order valence-corrected chi connectivity index (χ0v) is 9.25. The first kappa shape index (κ1) is 11.1. The molecule has 1 atom stereocenters. The number of halogens is 1. The lowest BCUT2D eigenvalue weighted by atomic mass is 9.92. The maximum Gasteiger partial charge on any atom is 0.254 e. The van der Waals surface area contributed by atoms with Crippen LogP contribution in [0.2, 0.25) is 5.02 Å². The van der Waals surface area contributed by atoms with E-state index in [0.717, 1.165) is 0 Å². The molecule has 84 valence electrons. The van der Waals surface area contributed by atoms with Crippen molar-refractivity contribution in [2.45, 2.75) is 12.5 Å². The number of carbonyl (C=O) groups excluding carboxylic acids is 2. The van der Waals surface area contributed by atoms with Crippen LogP contribution in [0.3, 0.4) is 0 Å². The molecule has 0 aromatic heterocycles. The predicted octanol–water partition coefficient (Wildman–Crippen LogP) is 0.984. The largest absolute Gasteiger partial charge is 0.342 e. The summed E-state index contributed by atoms with van der Waals surface area (Å²) in [6.07, 6.45) is 0.441. The Morgan fingerprint density at radius 3 is 2.81 bits per heavy atom. The van der Waals surface area contributed by atoms with Crippen LogP contribution in [0.4, 0.5) is 0 Å². The van der Waals surface area contributed by atoms with Gasteiger partial charge in [-0.3, -0.25) is 9.59 Å². The van der Waals surface area contributed by atoms with Crippen molar-refractivity contribution in [1.82, 2.24) is 5.32 Å². The first-order chi connectivity index (χ1) is 7.65. The number of nitrogens with two attached hydrogens (primary N) is 1. The molecule has 4 nitrogen and oxygen atoms in total. The Balaban J connectivity index is 2.47. The van der Waals surface area contributed by atoms with Crippen LogP contribution in [-0.4, -0.2) is 24.3 Å². The smallest absolute Gasteiger partial charge is 0.254 e. The molecule has 0 fully saturated rings. The molecule has 0 spiro atoms. The number of Topliss-reactive ketones (excluding diaryl/α,β-unsaturated/α-hetero) is 1. The van der Waals surface area contributed by atoms with Crippen LogP contribution < -0.4 is 11.1 Å². The van der Waals surface area contributed by atoms with Gasteiger partial charge in [-0.05, 0) is 19.0 Å². The summed E-state index contributed by atoms with van der Waals surface area (Å²) in [5.74, 6) is -0.429. The number of benzene rings is 1. The number of hydrogen-bond donors (Lipinski definition) is 2. The van der Waals surface area contributed by atoms with Crippen LogP contribution >= 0.6 is 11.6 Å². The summed E-state index contributed by atoms with van der Waals surface area (Å²) in [6, 6.07) is 4.35. The Hall–Kier alpha value is -1.39. The van der Waals surface area contributed by atoms with E-state index in [-0.39, 0.29) is 17.3 Å². The standard InChI is InChI=1S/C11H11ClN2O2/c12-7-3-1-2-6-9(7)11(16)14-8(4-5-13)10(6)15/h1-3,8H,4-5,13H2,(H,14,16)/t8-/m0/s1. The summed E-state index contributed by atoms with van der Waals surface area (Å²) >= 11 is 5.89. The average Bonchev–Trinajstić information content (AvgIpc) is 2.25. The fourth-order valence-electron chi connectivity index (χ4n) is 1.81. The Kier molecular flexibility index (Phi) is 2.94. The second kappa shape index (κ2) is 4.23. The van der Waals surface area contributed by atoms with Gasteiger partial charge in [-0.15, -0.1) is 0 Å². The Labute approximate surface area is 97.8 Å². The van der Waals surface area contributed by atoms with Crippen LogP contribution in [0.15, 0.2) is 18.2 Å².